The number of rotatable bonds is 4. The van der Waals surface area contributed by atoms with Crippen LogP contribution in [0.2, 0.25) is 0 Å². The third-order valence-electron chi connectivity index (χ3n) is 14.7. The maximum atomic E-state index is 12.9. The molecule has 0 unspecified atom stereocenters. The number of methoxy groups -OCH3 is 1. The first-order valence-corrected chi connectivity index (χ1v) is 16.5. The van der Waals surface area contributed by atoms with Crippen LogP contribution in [0.3, 0.4) is 0 Å². The van der Waals surface area contributed by atoms with Crippen LogP contribution in [0.5, 0.6) is 0 Å². The maximum Gasteiger partial charge on any atom is 0.337 e. The number of carbonyl (C=O) groups is 2. The van der Waals surface area contributed by atoms with E-state index in [9.17, 15) is 14.7 Å². The number of hydrogen-bond acceptors (Lipinski definition) is 3. The lowest BCUT2D eigenvalue weighted by atomic mass is 9.32. The Morgan fingerprint density at radius 3 is 2.33 bits per heavy atom. The fraction of sp³-hybridized carbons (Fsp3) is 0.684. The fourth-order valence-corrected chi connectivity index (χ4v) is 12.5. The number of ether oxygens (including phenoxy) is 1. The first-order chi connectivity index (χ1) is 19.7. The lowest BCUT2D eigenvalue weighted by molar-refractivity contribution is -0.227. The molecule has 6 rings (SSSR count). The van der Waals surface area contributed by atoms with Crippen molar-refractivity contribution >= 4 is 17.5 Å². The van der Waals surface area contributed by atoms with Crippen LogP contribution in [-0.2, 0) is 9.53 Å². The molecular weight excluding hydrogens is 520 g/mol. The second kappa shape index (κ2) is 9.57. The predicted octanol–water partition coefficient (Wildman–Crippen LogP) is 9.21. The van der Waals surface area contributed by atoms with Gasteiger partial charge < -0.3 is 9.84 Å². The van der Waals surface area contributed by atoms with Gasteiger partial charge in [0.25, 0.3) is 0 Å². The smallest absolute Gasteiger partial charge is 0.337 e. The summed E-state index contributed by atoms with van der Waals surface area (Å²) in [7, 11) is 1.44. The number of fused-ring (bicyclic) bond motifs is 7. The highest BCUT2D eigenvalue weighted by molar-refractivity contribution is 5.90. The molecule has 0 heterocycles. The van der Waals surface area contributed by atoms with Gasteiger partial charge in [-0.05, 0) is 139 Å². The van der Waals surface area contributed by atoms with Gasteiger partial charge in [-0.2, -0.15) is 0 Å². The van der Waals surface area contributed by atoms with Crippen molar-refractivity contribution in [2.24, 2.45) is 56.7 Å². The molecule has 5 aliphatic carbocycles. The molecule has 0 spiro atoms. The summed E-state index contributed by atoms with van der Waals surface area (Å²) < 4.78 is 5.02. The van der Waals surface area contributed by atoms with Crippen LogP contribution < -0.4 is 0 Å². The van der Waals surface area contributed by atoms with Crippen molar-refractivity contribution in [2.75, 3.05) is 7.11 Å². The van der Waals surface area contributed by atoms with Gasteiger partial charge in [-0.3, -0.25) is 4.79 Å². The molecule has 9 atom stereocenters. The Bertz CT molecular complexity index is 1350. The number of carbonyl (C=O) groups excluding carboxylic acids is 1. The molecule has 4 nitrogen and oxygen atoms in total. The Morgan fingerprint density at radius 1 is 0.929 bits per heavy atom. The summed E-state index contributed by atoms with van der Waals surface area (Å²) in [5, 5.41) is 10.6. The molecule has 42 heavy (non-hydrogen) atoms. The van der Waals surface area contributed by atoms with Gasteiger partial charge in [0.2, 0.25) is 0 Å². The summed E-state index contributed by atoms with van der Waals surface area (Å²) in [6.07, 6.45) is 11.9. The second-order valence-electron chi connectivity index (χ2n) is 16.3. The Hall–Kier alpha value is -2.36. The van der Waals surface area contributed by atoms with Gasteiger partial charge in [-0.1, -0.05) is 65.0 Å². The van der Waals surface area contributed by atoms with Crippen LogP contribution in [0.1, 0.15) is 115 Å². The molecule has 0 radical (unpaired) electrons. The Balaban J connectivity index is 1.38. The first-order valence-electron chi connectivity index (χ1n) is 16.5. The van der Waals surface area contributed by atoms with E-state index < -0.39 is 11.4 Å². The van der Waals surface area contributed by atoms with Gasteiger partial charge in [0.1, 0.15) is 0 Å². The topological polar surface area (TPSA) is 63.6 Å². The minimum Gasteiger partial charge on any atom is -0.481 e. The third-order valence-corrected chi connectivity index (χ3v) is 14.7. The molecule has 1 aromatic carbocycles. The standard InChI is InChI=1S/C38H52O4/c1-23(2)26-14-19-38(33(40)41)21-20-36(6)28(31(26)38)12-13-30-35(5)17-15-27(24-10-9-11-25(22-24)32(39)42-8)34(3,4)29(35)16-18-37(30,36)7/h9-11,15,22,26,28-31H,1,12-14,16-21H2,2-8H3,(H,40,41)/t26-,28+,29-,30+,31+,35-,36+,37+,38-/m0/s1. The molecule has 0 aliphatic heterocycles. The highest BCUT2D eigenvalue weighted by atomic mass is 16.5. The van der Waals surface area contributed by atoms with Crippen LogP contribution in [0.15, 0.2) is 42.5 Å². The molecule has 4 heteroatoms. The van der Waals surface area contributed by atoms with Crippen molar-refractivity contribution in [3.05, 3.63) is 53.6 Å². The van der Waals surface area contributed by atoms with Gasteiger partial charge >= 0.3 is 11.9 Å². The number of aliphatic carboxylic acids is 1. The fourth-order valence-electron chi connectivity index (χ4n) is 12.5. The molecule has 0 amide bonds. The number of carboxylic acids is 1. The molecule has 5 aliphatic rings. The van der Waals surface area contributed by atoms with E-state index in [2.05, 4.69) is 60.3 Å². The SMILES string of the molecule is C=C(C)[C@@H]1CC[C@]2(C(=O)O)CC[C@]3(C)[C@H](CC[C@@H]4[C@@]5(C)CC=C(c6cccc(C(=O)OC)c6)C(C)(C)[C@@H]5CC[C@]43C)[C@@H]12. The highest BCUT2D eigenvalue weighted by Crippen LogP contribution is 2.77. The molecule has 4 fully saturated rings. The maximum absolute atomic E-state index is 12.9. The average Bonchev–Trinajstić information content (AvgIpc) is 3.34. The number of benzene rings is 1. The molecule has 0 saturated heterocycles. The number of hydrogen-bond donors (Lipinski definition) is 1. The van der Waals surface area contributed by atoms with Crippen molar-refractivity contribution in [1.82, 2.24) is 0 Å². The lowest BCUT2D eigenvalue weighted by Crippen LogP contribution is -2.65. The van der Waals surface area contributed by atoms with Crippen molar-refractivity contribution in [2.45, 2.75) is 99.3 Å². The van der Waals surface area contributed by atoms with E-state index in [0.29, 0.717) is 29.2 Å². The van der Waals surface area contributed by atoms with Crippen molar-refractivity contribution < 1.29 is 19.4 Å². The molecule has 4 saturated carbocycles. The predicted molar refractivity (Wildman–Crippen MR) is 168 cm³/mol. The van der Waals surface area contributed by atoms with Crippen molar-refractivity contribution in [3.63, 3.8) is 0 Å². The van der Waals surface area contributed by atoms with Gasteiger partial charge in [0.05, 0.1) is 18.1 Å². The van der Waals surface area contributed by atoms with Crippen LogP contribution >= 0.6 is 0 Å². The Labute approximate surface area is 253 Å². The van der Waals surface area contributed by atoms with Crippen LogP contribution in [0, 0.1) is 56.7 Å². The van der Waals surface area contributed by atoms with Gasteiger partial charge in [-0.15, -0.1) is 0 Å². The lowest BCUT2D eigenvalue weighted by Gasteiger charge is -2.72. The molecule has 228 valence electrons. The zero-order valence-corrected chi connectivity index (χ0v) is 27.0. The molecule has 1 aromatic rings. The number of carboxylic acid groups (broad SMARTS) is 1. The van der Waals surface area contributed by atoms with Crippen molar-refractivity contribution in [3.8, 4) is 0 Å². The van der Waals surface area contributed by atoms with Gasteiger partial charge in [-0.25, -0.2) is 4.79 Å². The monoisotopic (exact) mass is 572 g/mol. The van der Waals surface area contributed by atoms with E-state index in [-0.39, 0.29) is 33.5 Å². The molecule has 1 N–H and O–H groups in total. The van der Waals surface area contributed by atoms with Crippen molar-refractivity contribution in [1.29, 1.82) is 0 Å². The quantitative estimate of drug-likeness (QED) is 0.289. The number of allylic oxidation sites excluding steroid dienone is 3. The van der Waals surface area contributed by atoms with E-state index in [4.69, 9.17) is 4.74 Å². The van der Waals surface area contributed by atoms with Crippen LogP contribution in [0.25, 0.3) is 5.57 Å². The number of esters is 1. The largest absolute Gasteiger partial charge is 0.481 e. The second-order valence-corrected chi connectivity index (χ2v) is 16.3. The molecule has 0 bridgehead atoms. The Kier molecular flexibility index (Phi) is 6.77. The van der Waals surface area contributed by atoms with E-state index in [1.165, 1.54) is 37.5 Å². The van der Waals surface area contributed by atoms with E-state index in [1.807, 2.05) is 18.2 Å². The highest BCUT2D eigenvalue weighted by Gasteiger charge is 2.71. The van der Waals surface area contributed by atoms with E-state index in [1.54, 1.807) is 0 Å². The summed E-state index contributed by atoms with van der Waals surface area (Å²) in [6, 6.07) is 7.98. The first kappa shape index (κ1) is 29.7. The molecule has 0 aromatic heterocycles. The minimum atomic E-state index is -0.568. The zero-order chi connectivity index (χ0) is 30.5. The van der Waals surface area contributed by atoms with E-state index >= 15 is 0 Å². The summed E-state index contributed by atoms with van der Waals surface area (Å²) in [6.45, 7) is 19.1. The summed E-state index contributed by atoms with van der Waals surface area (Å²) in [4.78, 5) is 25.3. The average molecular weight is 573 g/mol. The summed E-state index contributed by atoms with van der Waals surface area (Å²) in [5.74, 6) is 1.29. The van der Waals surface area contributed by atoms with Gasteiger partial charge in [0.15, 0.2) is 0 Å². The van der Waals surface area contributed by atoms with Crippen LogP contribution in [0.4, 0.5) is 0 Å². The summed E-state index contributed by atoms with van der Waals surface area (Å²) in [5.41, 5.74) is 4.20. The summed E-state index contributed by atoms with van der Waals surface area (Å²) >= 11 is 0. The normalized spacial score (nSPS) is 43.6. The van der Waals surface area contributed by atoms with Crippen LogP contribution in [-0.4, -0.2) is 24.2 Å². The van der Waals surface area contributed by atoms with Gasteiger partial charge in [0, 0.05) is 0 Å². The zero-order valence-electron chi connectivity index (χ0n) is 27.0. The Morgan fingerprint density at radius 2 is 1.67 bits per heavy atom. The van der Waals surface area contributed by atoms with E-state index in [0.717, 1.165) is 44.1 Å². The third kappa shape index (κ3) is 3.71. The molecular formula is C38H52O4. The minimum absolute atomic E-state index is 0.0254.